The van der Waals surface area contributed by atoms with Crippen molar-refractivity contribution >= 4 is 9.84 Å². The van der Waals surface area contributed by atoms with Gasteiger partial charge in [0.05, 0.1) is 11.9 Å². The Bertz CT molecular complexity index is 437. The molecule has 0 bridgehead atoms. The average Bonchev–Trinajstić information content (AvgIpc) is 2.77. The molecule has 21 heavy (non-hydrogen) atoms. The Morgan fingerprint density at radius 2 is 2.00 bits per heavy atom. The molecule has 1 aliphatic carbocycles. The Balaban J connectivity index is 1.96. The standard InChI is InChI=1S/C16H31NO3S/c1-12-6-7-16(18)14(9-12)15-5-4-8-17(15)10-13(2)11-21(3,19)20/h12-16,18H,4-11H2,1-3H3. The topological polar surface area (TPSA) is 57.6 Å². The van der Waals surface area contributed by atoms with E-state index in [9.17, 15) is 13.5 Å². The molecule has 1 aliphatic heterocycles. The first-order valence-electron chi connectivity index (χ1n) is 8.36. The fourth-order valence-electron chi connectivity index (χ4n) is 4.36. The average molecular weight is 317 g/mol. The zero-order valence-corrected chi connectivity index (χ0v) is 14.5. The van der Waals surface area contributed by atoms with E-state index < -0.39 is 9.84 Å². The van der Waals surface area contributed by atoms with E-state index in [1.807, 2.05) is 6.92 Å². The third-order valence-electron chi connectivity index (χ3n) is 5.17. The third-order valence-corrected chi connectivity index (χ3v) is 6.34. The van der Waals surface area contributed by atoms with Gasteiger partial charge in [-0.3, -0.25) is 4.90 Å². The lowest BCUT2D eigenvalue weighted by Crippen LogP contribution is -2.45. The van der Waals surface area contributed by atoms with Gasteiger partial charge in [0.2, 0.25) is 0 Å². The minimum absolute atomic E-state index is 0.166. The van der Waals surface area contributed by atoms with Gasteiger partial charge in [-0.15, -0.1) is 0 Å². The molecular weight excluding hydrogens is 286 g/mol. The predicted molar refractivity (Wildman–Crippen MR) is 86.0 cm³/mol. The summed E-state index contributed by atoms with van der Waals surface area (Å²) in [5, 5.41) is 10.4. The number of sulfone groups is 1. The Morgan fingerprint density at radius 1 is 1.29 bits per heavy atom. The molecular formula is C16H31NO3S. The van der Waals surface area contributed by atoms with Crippen LogP contribution in [-0.2, 0) is 9.84 Å². The molecule has 124 valence electrons. The van der Waals surface area contributed by atoms with Crippen molar-refractivity contribution in [3.63, 3.8) is 0 Å². The number of aliphatic hydroxyl groups excluding tert-OH is 1. The molecule has 0 amide bonds. The molecule has 0 aromatic heterocycles. The summed E-state index contributed by atoms with van der Waals surface area (Å²) in [4.78, 5) is 2.45. The zero-order chi connectivity index (χ0) is 15.6. The summed E-state index contributed by atoms with van der Waals surface area (Å²) in [6.07, 6.45) is 6.65. The molecule has 0 aromatic carbocycles. The van der Waals surface area contributed by atoms with Gasteiger partial charge in [-0.25, -0.2) is 8.42 Å². The summed E-state index contributed by atoms with van der Waals surface area (Å²) in [6, 6.07) is 0.449. The fraction of sp³-hybridized carbons (Fsp3) is 1.00. The van der Waals surface area contributed by atoms with E-state index >= 15 is 0 Å². The van der Waals surface area contributed by atoms with Crippen LogP contribution in [0.4, 0.5) is 0 Å². The van der Waals surface area contributed by atoms with Crippen LogP contribution < -0.4 is 0 Å². The van der Waals surface area contributed by atoms with E-state index in [-0.39, 0.29) is 17.8 Å². The van der Waals surface area contributed by atoms with Crippen molar-refractivity contribution in [1.29, 1.82) is 0 Å². The second-order valence-corrected chi connectivity index (χ2v) is 9.74. The summed E-state index contributed by atoms with van der Waals surface area (Å²) in [7, 11) is -2.90. The van der Waals surface area contributed by atoms with Crippen molar-refractivity contribution in [3.05, 3.63) is 0 Å². The summed E-state index contributed by atoms with van der Waals surface area (Å²) >= 11 is 0. The van der Waals surface area contributed by atoms with Crippen LogP contribution in [0.5, 0.6) is 0 Å². The number of rotatable bonds is 5. The van der Waals surface area contributed by atoms with Crippen LogP contribution in [0.25, 0.3) is 0 Å². The molecule has 1 N–H and O–H groups in total. The Kier molecular flexibility index (Phi) is 5.71. The van der Waals surface area contributed by atoms with Crippen molar-refractivity contribution in [3.8, 4) is 0 Å². The van der Waals surface area contributed by atoms with E-state index in [0.29, 0.717) is 17.9 Å². The van der Waals surface area contributed by atoms with Gasteiger partial charge in [0.15, 0.2) is 0 Å². The SMILES string of the molecule is CC1CCC(O)C(C2CCCN2CC(C)CS(C)(=O)=O)C1. The van der Waals surface area contributed by atoms with Crippen LogP contribution in [0.1, 0.15) is 46.0 Å². The summed E-state index contributed by atoms with van der Waals surface area (Å²) < 4.78 is 22.9. The molecule has 0 spiro atoms. The second kappa shape index (κ2) is 6.97. The molecule has 1 heterocycles. The smallest absolute Gasteiger partial charge is 0.147 e. The summed E-state index contributed by atoms with van der Waals surface area (Å²) in [5.74, 6) is 1.51. The molecule has 2 rings (SSSR count). The molecule has 0 radical (unpaired) electrons. The van der Waals surface area contributed by atoms with E-state index in [1.54, 1.807) is 0 Å². The lowest BCUT2D eigenvalue weighted by molar-refractivity contribution is 0.00517. The van der Waals surface area contributed by atoms with E-state index in [4.69, 9.17) is 0 Å². The number of nitrogens with zero attached hydrogens (tertiary/aromatic N) is 1. The van der Waals surface area contributed by atoms with Gasteiger partial charge in [-0.1, -0.05) is 13.8 Å². The first-order valence-corrected chi connectivity index (χ1v) is 10.4. The third kappa shape index (κ3) is 4.93. The van der Waals surface area contributed by atoms with E-state index in [2.05, 4.69) is 11.8 Å². The van der Waals surface area contributed by atoms with Gasteiger partial charge >= 0.3 is 0 Å². The highest BCUT2D eigenvalue weighted by Crippen LogP contribution is 2.37. The minimum Gasteiger partial charge on any atom is -0.393 e. The Hall–Kier alpha value is -0.130. The second-order valence-electron chi connectivity index (χ2n) is 7.55. The van der Waals surface area contributed by atoms with Gasteiger partial charge in [0.1, 0.15) is 9.84 Å². The predicted octanol–water partition coefficient (Wildman–Crippen LogP) is 1.93. The van der Waals surface area contributed by atoms with Gasteiger partial charge < -0.3 is 5.11 Å². The molecule has 5 unspecified atom stereocenters. The highest BCUT2D eigenvalue weighted by Gasteiger charge is 2.38. The number of aliphatic hydroxyl groups is 1. The maximum atomic E-state index is 11.4. The lowest BCUT2D eigenvalue weighted by atomic mass is 9.76. The van der Waals surface area contributed by atoms with Crippen molar-refractivity contribution in [2.75, 3.05) is 25.1 Å². The molecule has 2 aliphatic rings. The molecule has 5 heteroatoms. The largest absolute Gasteiger partial charge is 0.393 e. The van der Waals surface area contributed by atoms with Gasteiger partial charge in [0, 0.05) is 24.8 Å². The molecule has 2 fully saturated rings. The summed E-state index contributed by atoms with van der Waals surface area (Å²) in [5.41, 5.74) is 0. The minimum atomic E-state index is -2.90. The Morgan fingerprint density at radius 3 is 2.67 bits per heavy atom. The molecule has 1 saturated carbocycles. The quantitative estimate of drug-likeness (QED) is 0.842. The highest BCUT2D eigenvalue weighted by molar-refractivity contribution is 7.90. The fourth-order valence-corrected chi connectivity index (χ4v) is 5.49. The molecule has 0 aromatic rings. The van der Waals surface area contributed by atoms with Crippen LogP contribution in [0.15, 0.2) is 0 Å². The van der Waals surface area contributed by atoms with E-state index in [0.717, 1.165) is 38.8 Å². The maximum absolute atomic E-state index is 11.4. The Labute approximate surface area is 129 Å². The highest BCUT2D eigenvalue weighted by atomic mass is 32.2. The van der Waals surface area contributed by atoms with Gasteiger partial charge in [0.25, 0.3) is 0 Å². The first kappa shape index (κ1) is 17.2. The number of hydrogen-bond acceptors (Lipinski definition) is 4. The van der Waals surface area contributed by atoms with Crippen LogP contribution in [0.3, 0.4) is 0 Å². The van der Waals surface area contributed by atoms with Crippen LogP contribution >= 0.6 is 0 Å². The van der Waals surface area contributed by atoms with Gasteiger partial charge in [-0.05, 0) is 50.5 Å². The molecule has 4 nitrogen and oxygen atoms in total. The zero-order valence-electron chi connectivity index (χ0n) is 13.7. The van der Waals surface area contributed by atoms with Gasteiger partial charge in [-0.2, -0.15) is 0 Å². The van der Waals surface area contributed by atoms with Crippen molar-refractivity contribution < 1.29 is 13.5 Å². The van der Waals surface area contributed by atoms with E-state index in [1.165, 1.54) is 12.7 Å². The first-order chi connectivity index (χ1) is 9.76. The normalized spacial score (nSPS) is 36.8. The van der Waals surface area contributed by atoms with Crippen molar-refractivity contribution in [2.45, 2.75) is 58.1 Å². The monoisotopic (exact) mass is 317 g/mol. The molecule has 1 saturated heterocycles. The van der Waals surface area contributed by atoms with Crippen LogP contribution in [0.2, 0.25) is 0 Å². The summed E-state index contributed by atoms with van der Waals surface area (Å²) in [6.45, 7) is 6.20. The maximum Gasteiger partial charge on any atom is 0.147 e. The number of likely N-dealkylation sites (tertiary alicyclic amines) is 1. The molecule has 5 atom stereocenters. The van der Waals surface area contributed by atoms with Crippen molar-refractivity contribution in [2.24, 2.45) is 17.8 Å². The van der Waals surface area contributed by atoms with Crippen LogP contribution in [-0.4, -0.2) is 55.7 Å². The van der Waals surface area contributed by atoms with Crippen LogP contribution in [0, 0.1) is 17.8 Å². The lowest BCUT2D eigenvalue weighted by Gasteiger charge is -2.40. The van der Waals surface area contributed by atoms with Crippen molar-refractivity contribution in [1.82, 2.24) is 4.90 Å². The number of hydrogen-bond donors (Lipinski definition) is 1.